The van der Waals surface area contributed by atoms with Crippen molar-refractivity contribution in [3.8, 4) is 66.8 Å². The van der Waals surface area contributed by atoms with Crippen LogP contribution in [0.3, 0.4) is 0 Å². The van der Waals surface area contributed by atoms with Gasteiger partial charge in [-0.15, -0.1) is 0 Å². The minimum atomic E-state index is -1.69. The van der Waals surface area contributed by atoms with Crippen LogP contribution in [0.4, 0.5) is 0 Å². The molecule has 10 aromatic rings. The third-order valence-electron chi connectivity index (χ3n) is 14.4. The van der Waals surface area contributed by atoms with Crippen molar-refractivity contribution in [3.63, 3.8) is 0 Å². The summed E-state index contributed by atoms with van der Waals surface area (Å²) in [6.07, 6.45) is 0. The Morgan fingerprint density at radius 1 is 0.206 bits per heavy atom. The highest BCUT2D eigenvalue weighted by Gasteiger charge is 2.28. The molecule has 0 bridgehead atoms. The molecule has 0 saturated carbocycles. The lowest BCUT2D eigenvalue weighted by molar-refractivity contribution is 1.59. The maximum atomic E-state index is 2.58. The second kappa shape index (κ2) is 17.0. The Labute approximate surface area is 410 Å². The van der Waals surface area contributed by atoms with Gasteiger partial charge in [-0.1, -0.05) is 257 Å². The SMILES string of the molecule is C[Si](C)(C)c1cc(-c2cc(-c3cccc(-c4ccccc4)c3)c3ccc4c(-c5cc([Si](C)(C)C)cc([Si](C)(C)C)c5)cc(-c5cccc(-c6ccccc6)c5)c5ccc2c3c54)cc([Si](C)(C)C)c1. The first-order chi connectivity index (χ1) is 32.2. The van der Waals surface area contributed by atoms with Gasteiger partial charge in [0, 0.05) is 0 Å². The van der Waals surface area contributed by atoms with Crippen molar-refractivity contribution < 1.29 is 0 Å². The molecule has 0 aliphatic carbocycles. The van der Waals surface area contributed by atoms with Crippen LogP contribution in [0.5, 0.6) is 0 Å². The summed E-state index contributed by atoms with van der Waals surface area (Å²) in [5.41, 5.74) is 15.4. The highest BCUT2D eigenvalue weighted by atomic mass is 28.3. The van der Waals surface area contributed by atoms with Crippen LogP contribution in [0.2, 0.25) is 78.6 Å². The molecule has 0 radical (unpaired) electrons. The molecule has 0 unspecified atom stereocenters. The minimum absolute atomic E-state index is 1.24. The minimum Gasteiger partial charge on any atom is -0.0656 e. The molecule has 0 spiro atoms. The number of hydrogen-bond donors (Lipinski definition) is 0. The zero-order valence-corrected chi connectivity index (χ0v) is 46.3. The fourth-order valence-electron chi connectivity index (χ4n) is 10.2. The maximum Gasteiger partial charge on any atom is 0.0776 e. The van der Waals surface area contributed by atoms with Gasteiger partial charge >= 0.3 is 0 Å². The van der Waals surface area contributed by atoms with Crippen molar-refractivity contribution >= 4 is 85.4 Å². The molecule has 0 N–H and O–H groups in total. The van der Waals surface area contributed by atoms with Crippen LogP contribution in [0.15, 0.2) is 182 Å². The van der Waals surface area contributed by atoms with Gasteiger partial charge in [-0.25, -0.2) is 0 Å². The monoisotopic (exact) mass is 946 g/mol. The van der Waals surface area contributed by atoms with E-state index in [1.165, 1.54) is 120 Å². The molecule has 0 nitrogen and oxygen atoms in total. The van der Waals surface area contributed by atoms with Gasteiger partial charge < -0.3 is 0 Å². The Hall–Kier alpha value is -5.89. The van der Waals surface area contributed by atoms with E-state index in [1.54, 1.807) is 0 Å². The lowest BCUT2D eigenvalue weighted by Crippen LogP contribution is -2.45. The van der Waals surface area contributed by atoms with Crippen molar-refractivity contribution in [1.82, 2.24) is 0 Å². The second-order valence-electron chi connectivity index (χ2n) is 23.5. The third kappa shape index (κ3) is 8.62. The maximum absolute atomic E-state index is 2.58. The summed E-state index contributed by atoms with van der Waals surface area (Å²) in [5, 5.41) is 14.1. The molecule has 0 heterocycles. The Bertz CT molecular complexity index is 3220. The first kappa shape index (κ1) is 45.9. The molecule has 68 heavy (non-hydrogen) atoms. The van der Waals surface area contributed by atoms with Crippen molar-refractivity contribution in [2.75, 3.05) is 0 Å². The van der Waals surface area contributed by atoms with Crippen molar-refractivity contribution in [2.45, 2.75) is 78.6 Å². The number of rotatable bonds is 10. The molecule has 0 aliphatic heterocycles. The molecule has 0 aromatic heterocycles. The Morgan fingerprint density at radius 2 is 0.471 bits per heavy atom. The molecule has 338 valence electrons. The molecule has 0 saturated heterocycles. The first-order valence-electron chi connectivity index (χ1n) is 24.7. The smallest absolute Gasteiger partial charge is 0.0656 e. The van der Waals surface area contributed by atoms with Crippen LogP contribution in [0.25, 0.3) is 99.1 Å². The lowest BCUT2D eigenvalue weighted by Gasteiger charge is -2.26. The molecular formula is C64H66Si4. The fraction of sp³-hybridized carbons (Fsp3) is 0.188. The van der Waals surface area contributed by atoms with Gasteiger partial charge in [0.25, 0.3) is 0 Å². The van der Waals surface area contributed by atoms with Crippen molar-refractivity contribution in [2.24, 2.45) is 0 Å². The Morgan fingerprint density at radius 3 is 0.765 bits per heavy atom. The van der Waals surface area contributed by atoms with Gasteiger partial charge in [-0.2, -0.15) is 0 Å². The lowest BCUT2D eigenvalue weighted by atomic mass is 9.81. The standard InChI is InChI=1S/C64H66Si4/c1-65(2,3)51-35-49(36-52(39-51)66(4,5)6)61-41-59(47-27-19-25-45(33-47)43-21-15-13-16-22-43)55-30-32-58-62(50-37-53(67(7,8)9)40-54(38-50)68(10,11)12)42-60(56-29-31-57(61)63(55)64(56)58)48-28-20-26-46(34-48)44-23-17-14-18-24-44/h13-42H,1-12H3. The van der Waals surface area contributed by atoms with Crippen molar-refractivity contribution in [3.05, 3.63) is 182 Å². The third-order valence-corrected chi connectivity index (χ3v) is 22.5. The highest BCUT2D eigenvalue weighted by molar-refractivity contribution is 6.92. The normalized spacial score (nSPS) is 12.7. The summed E-state index contributed by atoms with van der Waals surface area (Å²) >= 11 is 0. The summed E-state index contributed by atoms with van der Waals surface area (Å²) in [5.74, 6) is 0. The molecule has 0 aliphatic rings. The zero-order chi connectivity index (χ0) is 47.9. The van der Waals surface area contributed by atoms with E-state index in [0.29, 0.717) is 0 Å². The van der Waals surface area contributed by atoms with E-state index in [4.69, 9.17) is 0 Å². The van der Waals surface area contributed by atoms with Gasteiger partial charge in [0.2, 0.25) is 0 Å². The molecule has 0 atom stereocenters. The van der Waals surface area contributed by atoms with E-state index in [1.807, 2.05) is 0 Å². The van der Waals surface area contributed by atoms with Gasteiger partial charge in [0.15, 0.2) is 0 Å². The highest BCUT2D eigenvalue weighted by Crippen LogP contribution is 2.49. The molecule has 0 fully saturated rings. The van der Waals surface area contributed by atoms with Crippen LogP contribution in [0.1, 0.15) is 0 Å². The molecular weight excluding hydrogens is 881 g/mol. The van der Waals surface area contributed by atoms with E-state index in [0.717, 1.165) is 0 Å². The summed E-state index contributed by atoms with van der Waals surface area (Å²) in [7, 11) is -6.76. The van der Waals surface area contributed by atoms with Crippen LogP contribution in [-0.4, -0.2) is 32.3 Å². The predicted molar refractivity (Wildman–Crippen MR) is 315 cm³/mol. The van der Waals surface area contributed by atoms with Gasteiger partial charge in [-0.3, -0.25) is 0 Å². The van der Waals surface area contributed by atoms with Gasteiger partial charge in [-0.05, 0) is 123 Å². The van der Waals surface area contributed by atoms with E-state index in [-0.39, 0.29) is 0 Å². The van der Waals surface area contributed by atoms with Gasteiger partial charge in [0.1, 0.15) is 0 Å². The quantitative estimate of drug-likeness (QED) is 0.0947. The van der Waals surface area contributed by atoms with Crippen LogP contribution < -0.4 is 20.7 Å². The van der Waals surface area contributed by atoms with Crippen LogP contribution >= 0.6 is 0 Å². The Kier molecular flexibility index (Phi) is 11.4. The predicted octanol–water partition coefficient (Wildman–Crippen LogP) is 16.8. The summed E-state index contributed by atoms with van der Waals surface area (Å²) in [6, 6.07) is 70.7. The molecule has 10 rings (SSSR count). The largest absolute Gasteiger partial charge is 0.0776 e. The average Bonchev–Trinajstić information content (AvgIpc) is 3.32. The summed E-state index contributed by atoms with van der Waals surface area (Å²) in [6.45, 7) is 30.1. The van der Waals surface area contributed by atoms with Crippen LogP contribution in [-0.2, 0) is 0 Å². The van der Waals surface area contributed by atoms with E-state index < -0.39 is 32.3 Å². The number of hydrogen-bond acceptors (Lipinski definition) is 0. The average molecular weight is 948 g/mol. The summed E-state index contributed by atoms with van der Waals surface area (Å²) < 4.78 is 0. The molecule has 0 amide bonds. The van der Waals surface area contributed by atoms with E-state index in [2.05, 4.69) is 261 Å². The fourth-order valence-corrected chi connectivity index (χ4v) is 15.2. The van der Waals surface area contributed by atoms with E-state index in [9.17, 15) is 0 Å². The second-order valence-corrected chi connectivity index (χ2v) is 43.8. The first-order valence-corrected chi connectivity index (χ1v) is 38.7. The topological polar surface area (TPSA) is 0 Å². The Balaban J connectivity index is 1.38. The van der Waals surface area contributed by atoms with Gasteiger partial charge in [0.05, 0.1) is 32.3 Å². The zero-order valence-electron chi connectivity index (χ0n) is 42.3. The molecule has 4 heteroatoms. The number of benzene rings is 10. The van der Waals surface area contributed by atoms with Crippen molar-refractivity contribution in [1.29, 1.82) is 0 Å². The summed E-state index contributed by atoms with van der Waals surface area (Å²) in [4.78, 5) is 0. The molecule has 10 aromatic carbocycles. The van der Waals surface area contributed by atoms with Crippen LogP contribution in [0, 0.1) is 0 Å². The van der Waals surface area contributed by atoms with E-state index >= 15 is 0 Å².